The summed E-state index contributed by atoms with van der Waals surface area (Å²) in [5.74, 6) is 0.944. The van der Waals surface area contributed by atoms with Gasteiger partial charge in [0.05, 0.1) is 0 Å². The minimum absolute atomic E-state index is 0.0318. The molecule has 0 aliphatic carbocycles. The zero-order valence-electron chi connectivity index (χ0n) is 20.4. The summed E-state index contributed by atoms with van der Waals surface area (Å²) in [4.78, 5) is 3.71. The maximum atomic E-state index is 6.04. The van der Waals surface area contributed by atoms with Crippen molar-refractivity contribution >= 4 is 11.8 Å². The molecule has 6 heteroatoms. The number of dihydropyridines is 1. The van der Waals surface area contributed by atoms with E-state index >= 15 is 0 Å². The quantitative estimate of drug-likeness (QED) is 0.406. The highest BCUT2D eigenvalue weighted by atomic mass is 32.2. The van der Waals surface area contributed by atoms with Crippen molar-refractivity contribution in [1.29, 1.82) is 0 Å². The number of ether oxygens (including phenoxy) is 2. The summed E-state index contributed by atoms with van der Waals surface area (Å²) in [7, 11) is 1.73. The number of morpholine rings is 1. The van der Waals surface area contributed by atoms with Gasteiger partial charge in [0.1, 0.15) is 24.8 Å². The minimum Gasteiger partial charge on any atom is -0.493 e. The fraction of sp³-hybridized carbons (Fsp3) is 0.407. The molecule has 2 aromatic carbocycles. The highest BCUT2D eigenvalue weighted by molar-refractivity contribution is 7.98. The third kappa shape index (κ3) is 6.42. The molecule has 2 aliphatic heterocycles. The summed E-state index contributed by atoms with van der Waals surface area (Å²) in [5, 5.41) is 7.04. The molecule has 3 unspecified atom stereocenters. The van der Waals surface area contributed by atoms with Gasteiger partial charge in [0, 0.05) is 42.9 Å². The fourth-order valence-electron chi connectivity index (χ4n) is 4.10. The summed E-state index contributed by atoms with van der Waals surface area (Å²) in [6, 6.07) is 19.5. The Morgan fingerprint density at radius 2 is 1.88 bits per heavy atom. The predicted molar refractivity (Wildman–Crippen MR) is 138 cm³/mol. The molecule has 0 spiro atoms. The lowest BCUT2D eigenvalue weighted by atomic mass is 10.0. The highest BCUT2D eigenvalue weighted by Crippen LogP contribution is 2.30. The standard InChI is InChI=1S/C25H31N3O2S.C2H6/c1-18(20-7-5-4-6-8-20)28-13-14-30-23-15-21(17-26-24(23)28)25(29-2)27-16-19-9-11-22(31-3)12-10-19;1-2/h4-12,15,17-18,24-27H,13-14,16H2,1-3H3;1-2H3. The zero-order valence-corrected chi connectivity index (χ0v) is 21.2. The third-order valence-corrected chi connectivity index (χ3v) is 6.65. The number of fused-ring (bicyclic) bond motifs is 1. The minimum atomic E-state index is -0.216. The molecule has 0 saturated carbocycles. The topological polar surface area (TPSA) is 45.8 Å². The van der Waals surface area contributed by atoms with Crippen LogP contribution < -0.4 is 10.6 Å². The molecular formula is C27H37N3O2S. The van der Waals surface area contributed by atoms with Crippen molar-refractivity contribution in [3.05, 3.63) is 89.3 Å². The largest absolute Gasteiger partial charge is 0.493 e. The molecule has 0 aromatic heterocycles. The maximum absolute atomic E-state index is 6.04. The van der Waals surface area contributed by atoms with Crippen LogP contribution in [0.15, 0.2) is 83.1 Å². The van der Waals surface area contributed by atoms with E-state index in [-0.39, 0.29) is 12.4 Å². The number of benzene rings is 2. The van der Waals surface area contributed by atoms with Crippen LogP contribution in [-0.2, 0) is 16.0 Å². The molecule has 0 amide bonds. The maximum Gasteiger partial charge on any atom is 0.139 e. The number of thioether (sulfide) groups is 1. The van der Waals surface area contributed by atoms with Crippen LogP contribution in [0.25, 0.3) is 0 Å². The second kappa shape index (κ2) is 12.8. The Balaban J connectivity index is 0.00000149. The summed E-state index contributed by atoms with van der Waals surface area (Å²) in [5.41, 5.74) is 3.57. The van der Waals surface area contributed by atoms with Crippen molar-refractivity contribution in [2.75, 3.05) is 26.5 Å². The van der Waals surface area contributed by atoms with Crippen LogP contribution in [-0.4, -0.2) is 43.8 Å². The Morgan fingerprint density at radius 1 is 1.15 bits per heavy atom. The molecule has 1 fully saturated rings. The van der Waals surface area contributed by atoms with Gasteiger partial charge in [-0.3, -0.25) is 10.2 Å². The normalized spacial score (nSPS) is 19.5. The van der Waals surface area contributed by atoms with E-state index in [0.717, 1.165) is 24.4 Å². The molecule has 178 valence electrons. The lowest BCUT2D eigenvalue weighted by molar-refractivity contribution is 0.0129. The van der Waals surface area contributed by atoms with E-state index in [1.54, 1.807) is 18.9 Å². The molecule has 5 nitrogen and oxygen atoms in total. The van der Waals surface area contributed by atoms with Crippen molar-refractivity contribution in [3.63, 3.8) is 0 Å². The van der Waals surface area contributed by atoms with Crippen molar-refractivity contribution in [1.82, 2.24) is 15.5 Å². The number of methoxy groups -OCH3 is 1. The van der Waals surface area contributed by atoms with E-state index in [9.17, 15) is 0 Å². The Kier molecular flexibility index (Phi) is 9.88. The van der Waals surface area contributed by atoms with E-state index in [2.05, 4.69) is 89.4 Å². The van der Waals surface area contributed by atoms with Gasteiger partial charge in [-0.1, -0.05) is 56.3 Å². The van der Waals surface area contributed by atoms with E-state index < -0.39 is 0 Å². The Morgan fingerprint density at radius 3 is 2.55 bits per heavy atom. The number of rotatable bonds is 8. The van der Waals surface area contributed by atoms with Crippen LogP contribution in [0.4, 0.5) is 0 Å². The van der Waals surface area contributed by atoms with E-state index in [0.29, 0.717) is 12.6 Å². The summed E-state index contributed by atoms with van der Waals surface area (Å²) < 4.78 is 11.8. The van der Waals surface area contributed by atoms with Crippen LogP contribution >= 0.6 is 11.8 Å². The summed E-state index contributed by atoms with van der Waals surface area (Å²) in [6.45, 7) is 8.55. The van der Waals surface area contributed by atoms with Gasteiger partial charge in [0.25, 0.3) is 0 Å². The van der Waals surface area contributed by atoms with Gasteiger partial charge in [0.15, 0.2) is 0 Å². The van der Waals surface area contributed by atoms with E-state index in [1.807, 2.05) is 20.0 Å². The molecule has 2 N–H and O–H groups in total. The summed E-state index contributed by atoms with van der Waals surface area (Å²) >= 11 is 1.75. The summed E-state index contributed by atoms with van der Waals surface area (Å²) in [6.07, 6.45) is 6.07. The fourth-order valence-corrected chi connectivity index (χ4v) is 4.51. The molecule has 2 aromatic rings. The Labute approximate surface area is 203 Å². The van der Waals surface area contributed by atoms with Crippen molar-refractivity contribution in [3.8, 4) is 0 Å². The number of hydrogen-bond acceptors (Lipinski definition) is 6. The van der Waals surface area contributed by atoms with Crippen LogP contribution in [0, 0.1) is 0 Å². The first kappa shape index (κ1) is 25.4. The van der Waals surface area contributed by atoms with Gasteiger partial charge in [-0.2, -0.15) is 0 Å². The lowest BCUT2D eigenvalue weighted by Gasteiger charge is -2.43. The SMILES string of the molecule is CC.COC(NCc1ccc(SC)cc1)C1=CNC2C(=C1)OCCN2C(C)c1ccccc1. The van der Waals surface area contributed by atoms with Crippen molar-refractivity contribution < 1.29 is 9.47 Å². The van der Waals surface area contributed by atoms with Gasteiger partial charge in [0.2, 0.25) is 0 Å². The van der Waals surface area contributed by atoms with Crippen LogP contribution in [0.3, 0.4) is 0 Å². The van der Waals surface area contributed by atoms with Gasteiger partial charge < -0.3 is 14.8 Å². The highest BCUT2D eigenvalue weighted by Gasteiger charge is 2.34. The van der Waals surface area contributed by atoms with E-state index in [1.165, 1.54) is 16.0 Å². The molecule has 3 atom stereocenters. The second-order valence-electron chi connectivity index (χ2n) is 7.78. The van der Waals surface area contributed by atoms with Crippen molar-refractivity contribution in [2.45, 2.75) is 50.6 Å². The van der Waals surface area contributed by atoms with Gasteiger partial charge in [-0.25, -0.2) is 0 Å². The van der Waals surface area contributed by atoms with Gasteiger partial charge in [-0.15, -0.1) is 11.8 Å². The third-order valence-electron chi connectivity index (χ3n) is 5.90. The van der Waals surface area contributed by atoms with Crippen LogP contribution in [0.1, 0.15) is 37.9 Å². The Bertz CT molecular complexity index is 915. The first-order valence-corrected chi connectivity index (χ1v) is 12.9. The molecule has 2 aliphatic rings. The van der Waals surface area contributed by atoms with Gasteiger partial charge in [-0.05, 0) is 42.5 Å². The number of nitrogens with zero attached hydrogens (tertiary/aromatic N) is 1. The smallest absolute Gasteiger partial charge is 0.139 e. The molecule has 4 rings (SSSR count). The van der Waals surface area contributed by atoms with Crippen molar-refractivity contribution in [2.24, 2.45) is 0 Å². The molecule has 33 heavy (non-hydrogen) atoms. The number of hydrogen-bond donors (Lipinski definition) is 2. The molecule has 1 saturated heterocycles. The first-order chi connectivity index (χ1) is 16.2. The first-order valence-electron chi connectivity index (χ1n) is 11.7. The average molecular weight is 468 g/mol. The molecule has 0 radical (unpaired) electrons. The van der Waals surface area contributed by atoms with Crippen LogP contribution in [0.2, 0.25) is 0 Å². The second-order valence-corrected chi connectivity index (χ2v) is 8.66. The van der Waals surface area contributed by atoms with E-state index in [4.69, 9.17) is 9.47 Å². The van der Waals surface area contributed by atoms with Crippen LogP contribution in [0.5, 0.6) is 0 Å². The molecular weight excluding hydrogens is 430 g/mol. The zero-order chi connectivity index (χ0) is 23.6. The average Bonchev–Trinajstić information content (AvgIpc) is 2.90. The molecule has 2 heterocycles. The monoisotopic (exact) mass is 467 g/mol. The molecule has 0 bridgehead atoms. The Hall–Kier alpha value is -2.25. The lowest BCUT2D eigenvalue weighted by Crippen LogP contribution is -2.53. The predicted octanol–water partition coefficient (Wildman–Crippen LogP) is 5.29. The number of nitrogens with one attached hydrogen (secondary N) is 2. The van der Waals surface area contributed by atoms with Gasteiger partial charge >= 0.3 is 0 Å².